The first-order valence-corrected chi connectivity index (χ1v) is 9.81. The average Bonchev–Trinajstić information content (AvgIpc) is 3.19. The summed E-state index contributed by atoms with van der Waals surface area (Å²) in [6.07, 6.45) is 1.67. The number of hydrogen-bond acceptors (Lipinski definition) is 4. The molecule has 138 valence electrons. The van der Waals surface area contributed by atoms with Gasteiger partial charge in [0, 0.05) is 13.1 Å². The summed E-state index contributed by atoms with van der Waals surface area (Å²) in [4.78, 5) is 27.4. The quantitative estimate of drug-likeness (QED) is 0.793. The van der Waals surface area contributed by atoms with Crippen LogP contribution in [0.2, 0.25) is 0 Å². The third kappa shape index (κ3) is 4.85. The molecule has 0 aliphatic carbocycles. The number of piperidine rings is 1. The Morgan fingerprint density at radius 2 is 2.19 bits per heavy atom. The molecule has 1 saturated heterocycles. The Morgan fingerprint density at radius 3 is 2.96 bits per heavy atom. The normalized spacial score (nSPS) is 17.0. The van der Waals surface area contributed by atoms with Crippen molar-refractivity contribution >= 4 is 23.2 Å². The summed E-state index contributed by atoms with van der Waals surface area (Å²) in [5, 5.41) is 4.83. The largest absolute Gasteiger partial charge is 0.492 e. The highest BCUT2D eigenvalue weighted by Gasteiger charge is 2.29. The summed E-state index contributed by atoms with van der Waals surface area (Å²) in [7, 11) is 0. The smallest absolute Gasteiger partial charge is 0.263 e. The van der Waals surface area contributed by atoms with Gasteiger partial charge in [-0.1, -0.05) is 18.2 Å². The van der Waals surface area contributed by atoms with Crippen molar-refractivity contribution in [3.8, 4) is 5.75 Å². The van der Waals surface area contributed by atoms with Crippen LogP contribution in [0.25, 0.3) is 0 Å². The molecule has 2 heterocycles. The van der Waals surface area contributed by atoms with Crippen molar-refractivity contribution in [2.24, 2.45) is 5.92 Å². The Kier molecular flexibility index (Phi) is 6.28. The summed E-state index contributed by atoms with van der Waals surface area (Å²) in [6.45, 7) is 4.11. The van der Waals surface area contributed by atoms with Crippen molar-refractivity contribution in [3.63, 3.8) is 0 Å². The van der Waals surface area contributed by atoms with Crippen molar-refractivity contribution < 1.29 is 14.3 Å². The standard InChI is InChI=1S/C20H24N2O3S/c1-15-5-2-7-17(13-15)25-11-9-21-19(23)16-6-3-10-22(14-16)20(24)18-8-4-12-26-18/h2,4-5,7-8,12-13,16H,3,6,9-11,14H2,1H3,(H,21,23). The lowest BCUT2D eigenvalue weighted by atomic mass is 9.97. The van der Waals surface area contributed by atoms with Gasteiger partial charge in [-0.2, -0.15) is 0 Å². The van der Waals surface area contributed by atoms with E-state index in [0.717, 1.165) is 35.6 Å². The van der Waals surface area contributed by atoms with Gasteiger partial charge in [0.25, 0.3) is 5.91 Å². The summed E-state index contributed by atoms with van der Waals surface area (Å²) in [5.41, 5.74) is 1.14. The van der Waals surface area contributed by atoms with Gasteiger partial charge in [0.15, 0.2) is 0 Å². The number of thiophene rings is 1. The van der Waals surface area contributed by atoms with Crippen molar-refractivity contribution in [3.05, 3.63) is 52.2 Å². The highest BCUT2D eigenvalue weighted by Crippen LogP contribution is 2.20. The van der Waals surface area contributed by atoms with Crippen molar-refractivity contribution in [1.29, 1.82) is 0 Å². The molecule has 0 bridgehead atoms. The number of likely N-dealkylation sites (tertiary alicyclic amines) is 1. The van der Waals surface area contributed by atoms with Crippen LogP contribution in [0.5, 0.6) is 5.75 Å². The average molecular weight is 372 g/mol. The summed E-state index contributed by atoms with van der Waals surface area (Å²) >= 11 is 1.44. The fraction of sp³-hybridized carbons (Fsp3) is 0.400. The van der Waals surface area contributed by atoms with Crippen molar-refractivity contribution in [2.75, 3.05) is 26.2 Å². The van der Waals surface area contributed by atoms with Crippen LogP contribution in [0.15, 0.2) is 41.8 Å². The third-order valence-electron chi connectivity index (χ3n) is 4.47. The van der Waals surface area contributed by atoms with E-state index in [0.29, 0.717) is 19.7 Å². The maximum atomic E-state index is 12.5. The van der Waals surface area contributed by atoms with Gasteiger partial charge in [0.05, 0.1) is 17.3 Å². The monoisotopic (exact) mass is 372 g/mol. The number of rotatable bonds is 6. The number of ether oxygens (including phenoxy) is 1. The van der Waals surface area contributed by atoms with E-state index in [1.54, 1.807) is 4.90 Å². The molecule has 1 atom stereocenters. The molecule has 1 aromatic heterocycles. The molecule has 1 aliphatic heterocycles. The Balaban J connectivity index is 1.43. The zero-order valence-corrected chi connectivity index (χ0v) is 15.8. The predicted molar refractivity (Wildman–Crippen MR) is 103 cm³/mol. The highest BCUT2D eigenvalue weighted by molar-refractivity contribution is 7.12. The molecule has 6 heteroatoms. The number of carbonyl (C=O) groups excluding carboxylic acids is 2. The molecule has 26 heavy (non-hydrogen) atoms. The van der Waals surface area contributed by atoms with E-state index in [4.69, 9.17) is 4.74 Å². The van der Waals surface area contributed by atoms with Crippen LogP contribution >= 0.6 is 11.3 Å². The predicted octanol–water partition coefficient (Wildman–Crippen LogP) is 3.10. The van der Waals surface area contributed by atoms with Gasteiger partial charge in [-0.05, 0) is 48.9 Å². The number of carbonyl (C=O) groups is 2. The molecule has 5 nitrogen and oxygen atoms in total. The Hall–Kier alpha value is -2.34. The maximum Gasteiger partial charge on any atom is 0.263 e. The van der Waals surface area contributed by atoms with E-state index >= 15 is 0 Å². The van der Waals surface area contributed by atoms with Crippen LogP contribution in [0.4, 0.5) is 0 Å². The van der Waals surface area contributed by atoms with Crippen LogP contribution in [0.1, 0.15) is 28.1 Å². The molecule has 0 saturated carbocycles. The van der Waals surface area contributed by atoms with Gasteiger partial charge < -0.3 is 15.0 Å². The Labute approximate surface area is 158 Å². The fourth-order valence-electron chi connectivity index (χ4n) is 3.12. The number of amides is 2. The summed E-state index contributed by atoms with van der Waals surface area (Å²) in [6, 6.07) is 11.5. The topological polar surface area (TPSA) is 58.6 Å². The molecule has 3 rings (SSSR count). The molecule has 0 radical (unpaired) electrons. The molecule has 2 aromatic rings. The second kappa shape index (κ2) is 8.85. The second-order valence-electron chi connectivity index (χ2n) is 6.52. The van der Waals surface area contributed by atoms with E-state index in [9.17, 15) is 9.59 Å². The lowest BCUT2D eigenvalue weighted by Gasteiger charge is -2.31. The van der Waals surface area contributed by atoms with Gasteiger partial charge in [0.2, 0.25) is 5.91 Å². The minimum atomic E-state index is -0.147. The molecular formula is C20H24N2O3S. The Morgan fingerprint density at radius 1 is 1.31 bits per heavy atom. The molecular weight excluding hydrogens is 348 g/mol. The molecule has 1 aromatic carbocycles. The molecule has 0 spiro atoms. The van der Waals surface area contributed by atoms with Crippen LogP contribution in [0, 0.1) is 12.8 Å². The van der Waals surface area contributed by atoms with Crippen molar-refractivity contribution in [1.82, 2.24) is 10.2 Å². The van der Waals surface area contributed by atoms with Crippen LogP contribution < -0.4 is 10.1 Å². The van der Waals surface area contributed by atoms with Crippen molar-refractivity contribution in [2.45, 2.75) is 19.8 Å². The van der Waals surface area contributed by atoms with Gasteiger partial charge in [-0.15, -0.1) is 11.3 Å². The minimum Gasteiger partial charge on any atom is -0.492 e. The van der Waals surface area contributed by atoms with E-state index in [1.807, 2.05) is 48.7 Å². The fourth-order valence-corrected chi connectivity index (χ4v) is 3.82. The molecule has 1 N–H and O–H groups in total. The second-order valence-corrected chi connectivity index (χ2v) is 7.47. The summed E-state index contributed by atoms with van der Waals surface area (Å²) in [5.74, 6) is 0.693. The number of benzene rings is 1. The zero-order chi connectivity index (χ0) is 18.4. The van der Waals surface area contributed by atoms with E-state index in [-0.39, 0.29) is 17.7 Å². The van der Waals surface area contributed by atoms with Gasteiger partial charge in [-0.3, -0.25) is 9.59 Å². The maximum absolute atomic E-state index is 12.5. The SMILES string of the molecule is Cc1cccc(OCCNC(=O)C2CCCN(C(=O)c3cccs3)C2)c1. The number of aryl methyl sites for hydroxylation is 1. The first kappa shape index (κ1) is 18.5. The van der Waals surface area contributed by atoms with Gasteiger partial charge in [0.1, 0.15) is 12.4 Å². The van der Waals surface area contributed by atoms with Crippen LogP contribution in [-0.2, 0) is 4.79 Å². The third-order valence-corrected chi connectivity index (χ3v) is 5.33. The van der Waals surface area contributed by atoms with E-state index < -0.39 is 0 Å². The van der Waals surface area contributed by atoms with Crippen LogP contribution in [-0.4, -0.2) is 43.0 Å². The lowest BCUT2D eigenvalue weighted by molar-refractivity contribution is -0.126. The number of nitrogens with one attached hydrogen (secondary N) is 1. The van der Waals surface area contributed by atoms with Gasteiger partial charge in [-0.25, -0.2) is 0 Å². The molecule has 1 unspecified atom stereocenters. The first-order valence-electron chi connectivity index (χ1n) is 8.93. The number of hydrogen-bond donors (Lipinski definition) is 1. The lowest BCUT2D eigenvalue weighted by Crippen LogP contribution is -2.45. The van der Waals surface area contributed by atoms with Crippen LogP contribution in [0.3, 0.4) is 0 Å². The van der Waals surface area contributed by atoms with E-state index in [2.05, 4.69) is 5.32 Å². The minimum absolute atomic E-state index is 0.00141. The highest BCUT2D eigenvalue weighted by atomic mass is 32.1. The first-order chi connectivity index (χ1) is 12.6. The zero-order valence-electron chi connectivity index (χ0n) is 14.9. The number of nitrogens with zero attached hydrogens (tertiary/aromatic N) is 1. The molecule has 1 aliphatic rings. The Bertz CT molecular complexity index is 745. The van der Waals surface area contributed by atoms with E-state index in [1.165, 1.54) is 11.3 Å². The molecule has 1 fully saturated rings. The molecule has 2 amide bonds. The van der Waals surface area contributed by atoms with Gasteiger partial charge >= 0.3 is 0 Å². The summed E-state index contributed by atoms with van der Waals surface area (Å²) < 4.78 is 5.66.